The lowest BCUT2D eigenvalue weighted by Crippen LogP contribution is -2.09. The van der Waals surface area contributed by atoms with E-state index in [9.17, 15) is 14.7 Å². The summed E-state index contributed by atoms with van der Waals surface area (Å²) in [4.78, 5) is 22.0. The number of benzene rings is 1. The van der Waals surface area contributed by atoms with Crippen LogP contribution in [-0.2, 0) is 14.3 Å². The van der Waals surface area contributed by atoms with Crippen LogP contribution >= 0.6 is 0 Å². The van der Waals surface area contributed by atoms with Crippen LogP contribution in [0.5, 0.6) is 0 Å². The van der Waals surface area contributed by atoms with Gasteiger partial charge >= 0.3 is 5.97 Å². The van der Waals surface area contributed by atoms with Crippen molar-refractivity contribution in [2.24, 2.45) is 0 Å². The van der Waals surface area contributed by atoms with E-state index in [-0.39, 0.29) is 5.78 Å². The minimum Gasteiger partial charge on any atom is -0.428 e. The second-order valence-electron chi connectivity index (χ2n) is 6.47. The molecule has 1 aromatic carbocycles. The fourth-order valence-electron chi connectivity index (χ4n) is 2.85. The number of unbranched alkanes of at least 4 members (excludes halogenated alkanes) is 5. The van der Waals surface area contributed by atoms with Gasteiger partial charge in [0, 0.05) is 30.3 Å². The Morgan fingerprint density at radius 2 is 1.72 bits per heavy atom. The molecule has 136 valence electrons. The first-order valence-electron chi connectivity index (χ1n) is 9.00. The molecule has 0 amide bonds. The van der Waals surface area contributed by atoms with Gasteiger partial charge in [-0.1, -0.05) is 37.8 Å². The van der Waals surface area contributed by atoms with E-state index < -0.39 is 12.3 Å². The van der Waals surface area contributed by atoms with Gasteiger partial charge in [0.2, 0.25) is 6.29 Å². The molecular weight excluding hydrogens is 318 g/mol. The molecule has 2 rings (SSSR count). The van der Waals surface area contributed by atoms with Gasteiger partial charge in [-0.2, -0.15) is 0 Å². The highest BCUT2D eigenvalue weighted by Gasteiger charge is 2.24. The van der Waals surface area contributed by atoms with Crippen molar-refractivity contribution in [2.45, 2.75) is 58.2 Å². The van der Waals surface area contributed by atoms with Gasteiger partial charge in [0.15, 0.2) is 0 Å². The summed E-state index contributed by atoms with van der Waals surface area (Å²) in [5.41, 5.74) is 2.31. The third kappa shape index (κ3) is 6.70. The predicted molar refractivity (Wildman–Crippen MR) is 98.0 cm³/mol. The highest BCUT2D eigenvalue weighted by atomic mass is 16.6. The Hall–Kier alpha value is -2.14. The van der Waals surface area contributed by atoms with Crippen LogP contribution in [0.3, 0.4) is 0 Å². The molecule has 25 heavy (non-hydrogen) atoms. The first kappa shape index (κ1) is 19.2. The number of carbonyl (C=O) groups excluding carboxylic acids is 2. The fourth-order valence-corrected chi connectivity index (χ4v) is 2.85. The minimum absolute atomic E-state index is 0.285. The zero-order chi connectivity index (χ0) is 18.1. The minimum atomic E-state index is -1.17. The van der Waals surface area contributed by atoms with Gasteiger partial charge in [0.25, 0.3) is 0 Å². The number of hydrogen-bond acceptors (Lipinski definition) is 5. The van der Waals surface area contributed by atoms with Gasteiger partial charge in [-0.05, 0) is 37.5 Å². The Morgan fingerprint density at radius 3 is 2.32 bits per heavy atom. The van der Waals surface area contributed by atoms with Crippen molar-refractivity contribution < 1.29 is 19.4 Å². The van der Waals surface area contributed by atoms with Gasteiger partial charge in [-0.3, -0.25) is 0 Å². The van der Waals surface area contributed by atoms with E-state index in [0.29, 0.717) is 12.0 Å². The van der Waals surface area contributed by atoms with Crippen LogP contribution < -0.4 is 5.32 Å². The lowest BCUT2D eigenvalue weighted by atomic mass is 10.1. The van der Waals surface area contributed by atoms with E-state index >= 15 is 0 Å². The summed E-state index contributed by atoms with van der Waals surface area (Å²) in [5.74, 6) is -0.223. The number of anilines is 1. The van der Waals surface area contributed by atoms with Gasteiger partial charge in [-0.25, -0.2) is 4.79 Å². The number of hydrogen-bond donors (Lipinski definition) is 2. The molecule has 5 heteroatoms. The molecule has 1 unspecified atom stereocenters. The van der Waals surface area contributed by atoms with Crippen LogP contribution in [0, 0.1) is 0 Å². The molecule has 0 bridgehead atoms. The Bertz CT molecular complexity index is 607. The molecule has 1 atom stereocenters. The van der Waals surface area contributed by atoms with Crippen LogP contribution in [0.25, 0.3) is 5.57 Å². The highest BCUT2D eigenvalue weighted by Crippen LogP contribution is 2.25. The van der Waals surface area contributed by atoms with Crippen molar-refractivity contribution in [1.29, 1.82) is 0 Å². The van der Waals surface area contributed by atoms with Crippen LogP contribution in [0.4, 0.5) is 5.69 Å². The zero-order valence-electron chi connectivity index (χ0n) is 14.8. The van der Waals surface area contributed by atoms with Crippen LogP contribution in [0.15, 0.2) is 30.3 Å². The summed E-state index contributed by atoms with van der Waals surface area (Å²) >= 11 is 0. The van der Waals surface area contributed by atoms with Crippen LogP contribution in [0.2, 0.25) is 0 Å². The van der Waals surface area contributed by atoms with E-state index in [1.165, 1.54) is 25.3 Å². The van der Waals surface area contributed by atoms with Crippen molar-refractivity contribution in [1.82, 2.24) is 0 Å². The second kappa shape index (κ2) is 9.99. The molecule has 0 aliphatic carbocycles. The number of ether oxygens (including phenoxy) is 1. The largest absolute Gasteiger partial charge is 0.428 e. The molecule has 5 nitrogen and oxygen atoms in total. The molecule has 0 saturated heterocycles. The highest BCUT2D eigenvalue weighted by molar-refractivity contribution is 5.96. The molecule has 0 spiro atoms. The Kier molecular flexibility index (Phi) is 7.67. The molecule has 1 aromatic rings. The number of rotatable bonds is 11. The summed E-state index contributed by atoms with van der Waals surface area (Å²) in [6, 6.07) is 7.61. The van der Waals surface area contributed by atoms with Gasteiger partial charge < -0.3 is 20.0 Å². The first-order chi connectivity index (χ1) is 12.1. The molecule has 1 aliphatic rings. The first-order valence-corrected chi connectivity index (χ1v) is 9.00. The van der Waals surface area contributed by atoms with E-state index in [0.717, 1.165) is 37.1 Å². The van der Waals surface area contributed by atoms with Gasteiger partial charge in [0.1, 0.15) is 5.78 Å². The Balaban J connectivity index is 1.60. The summed E-state index contributed by atoms with van der Waals surface area (Å²) < 4.78 is 4.69. The number of nitrogens with one attached hydrogen (secondary N) is 1. The van der Waals surface area contributed by atoms with Crippen molar-refractivity contribution in [3.8, 4) is 0 Å². The smallest absolute Gasteiger partial charge is 0.333 e. The molecule has 2 N–H and O–H groups in total. The van der Waals surface area contributed by atoms with Crippen molar-refractivity contribution in [3.63, 3.8) is 0 Å². The number of aliphatic hydroxyl groups excluding tert-OH is 1. The topological polar surface area (TPSA) is 75.6 Å². The maximum atomic E-state index is 11.1. The number of Topliss-reactive ketones (excluding diaryl/α,β-unsaturated/α-hetero) is 1. The lowest BCUT2D eigenvalue weighted by Gasteiger charge is -2.10. The number of cyclic esters (lactones) is 1. The number of ketones is 1. The molecule has 0 fully saturated rings. The van der Waals surface area contributed by atoms with Crippen LogP contribution in [0.1, 0.15) is 57.4 Å². The molecular formula is C20H27NO4. The molecule has 1 heterocycles. The summed E-state index contributed by atoms with van der Waals surface area (Å²) in [6.07, 6.45) is 7.73. The SMILES string of the molecule is CC(=O)CCCCCCCCNc1ccc(C2=CC(=O)OC2O)cc1. The standard InChI is InChI=1S/C20H27NO4/c1-15(22)8-6-4-2-3-5-7-13-21-17-11-9-16(10-12-17)18-14-19(23)25-20(18)24/h9-12,14,20-21,24H,2-8,13H2,1H3. The molecule has 0 aromatic heterocycles. The zero-order valence-corrected chi connectivity index (χ0v) is 14.8. The maximum Gasteiger partial charge on any atom is 0.333 e. The number of esters is 1. The number of carbonyl (C=O) groups is 2. The van der Waals surface area contributed by atoms with Crippen LogP contribution in [-0.4, -0.2) is 29.7 Å². The summed E-state index contributed by atoms with van der Waals surface area (Å²) in [5, 5.41) is 13.0. The van der Waals surface area contributed by atoms with E-state index in [4.69, 9.17) is 0 Å². The van der Waals surface area contributed by atoms with E-state index in [1.807, 2.05) is 24.3 Å². The molecule has 0 radical (unpaired) electrons. The number of aliphatic hydroxyl groups is 1. The normalized spacial score (nSPS) is 16.5. The lowest BCUT2D eigenvalue weighted by molar-refractivity contribution is -0.149. The fraction of sp³-hybridized carbons (Fsp3) is 0.500. The van der Waals surface area contributed by atoms with Gasteiger partial charge in [0.05, 0.1) is 0 Å². The third-order valence-electron chi connectivity index (χ3n) is 4.27. The van der Waals surface area contributed by atoms with Gasteiger partial charge in [-0.15, -0.1) is 0 Å². The van der Waals surface area contributed by atoms with E-state index in [2.05, 4.69) is 10.1 Å². The Morgan fingerprint density at radius 1 is 1.08 bits per heavy atom. The molecule has 1 aliphatic heterocycles. The third-order valence-corrected chi connectivity index (χ3v) is 4.27. The predicted octanol–water partition coefficient (Wildman–Crippen LogP) is 3.68. The average Bonchev–Trinajstić information content (AvgIpc) is 2.92. The second-order valence-corrected chi connectivity index (χ2v) is 6.47. The molecule has 0 saturated carbocycles. The quantitative estimate of drug-likeness (QED) is 0.473. The van der Waals surface area contributed by atoms with Crippen molar-refractivity contribution in [3.05, 3.63) is 35.9 Å². The van der Waals surface area contributed by atoms with Crippen molar-refractivity contribution in [2.75, 3.05) is 11.9 Å². The summed E-state index contributed by atoms with van der Waals surface area (Å²) in [7, 11) is 0. The maximum absolute atomic E-state index is 11.1. The Labute approximate surface area is 149 Å². The summed E-state index contributed by atoms with van der Waals surface area (Å²) in [6.45, 7) is 2.57. The average molecular weight is 345 g/mol. The monoisotopic (exact) mass is 345 g/mol. The van der Waals surface area contributed by atoms with Crippen molar-refractivity contribution >= 4 is 23.0 Å². The van der Waals surface area contributed by atoms with E-state index in [1.54, 1.807) is 6.92 Å².